The summed E-state index contributed by atoms with van der Waals surface area (Å²) < 4.78 is 10.8. The first kappa shape index (κ1) is 10.1. The van der Waals surface area contributed by atoms with Crippen molar-refractivity contribution in [3.05, 3.63) is 0 Å². The van der Waals surface area contributed by atoms with Gasteiger partial charge in [0, 0.05) is 5.41 Å². The fourth-order valence-electron chi connectivity index (χ4n) is 0.580. The average Bonchev–Trinajstić information content (AvgIpc) is 1.88. The SMILES string of the molecule is CCC(C)(C)C(C)(C)[PH+]=O. The fourth-order valence-corrected chi connectivity index (χ4v) is 1.03. The summed E-state index contributed by atoms with van der Waals surface area (Å²) in [5, 5.41) is -0.0399. The van der Waals surface area contributed by atoms with Gasteiger partial charge in [-0.3, -0.25) is 0 Å². The van der Waals surface area contributed by atoms with Crippen molar-refractivity contribution in [2.45, 2.75) is 46.2 Å². The van der Waals surface area contributed by atoms with E-state index in [1.54, 1.807) is 0 Å². The lowest BCUT2D eigenvalue weighted by atomic mass is 9.78. The normalized spacial score (nSPS) is 14.1. The molecule has 0 aromatic heterocycles. The Morgan fingerprint density at radius 1 is 1.20 bits per heavy atom. The number of hydrogen-bond donors (Lipinski definition) is 0. The molecule has 0 aliphatic heterocycles. The summed E-state index contributed by atoms with van der Waals surface area (Å²) in [6.07, 6.45) is 1.08. The van der Waals surface area contributed by atoms with Crippen LogP contribution in [0.2, 0.25) is 0 Å². The number of hydrogen-bond acceptors (Lipinski definition) is 1. The van der Waals surface area contributed by atoms with Gasteiger partial charge < -0.3 is 0 Å². The van der Waals surface area contributed by atoms with Crippen LogP contribution < -0.4 is 0 Å². The molecule has 0 aliphatic rings. The Labute approximate surface area is 65.4 Å². The van der Waals surface area contributed by atoms with Crippen molar-refractivity contribution in [2.75, 3.05) is 0 Å². The summed E-state index contributed by atoms with van der Waals surface area (Å²) in [6, 6.07) is 0. The molecule has 10 heavy (non-hydrogen) atoms. The second kappa shape index (κ2) is 3.00. The van der Waals surface area contributed by atoms with Gasteiger partial charge in [0.05, 0.1) is 0 Å². The van der Waals surface area contributed by atoms with E-state index in [4.69, 9.17) is 0 Å². The molecule has 0 saturated carbocycles. The highest BCUT2D eigenvalue weighted by Crippen LogP contribution is 2.42. The van der Waals surface area contributed by atoms with E-state index >= 15 is 0 Å². The Bertz CT molecular complexity index is 127. The van der Waals surface area contributed by atoms with Gasteiger partial charge in [0.15, 0.2) is 5.16 Å². The van der Waals surface area contributed by atoms with Gasteiger partial charge in [0.25, 0.3) is 0 Å². The molecule has 0 rings (SSSR count). The molecule has 0 bridgehead atoms. The van der Waals surface area contributed by atoms with Crippen LogP contribution in [0.5, 0.6) is 0 Å². The van der Waals surface area contributed by atoms with Crippen molar-refractivity contribution < 1.29 is 4.57 Å². The van der Waals surface area contributed by atoms with Crippen LogP contribution in [0.15, 0.2) is 0 Å². The highest BCUT2D eigenvalue weighted by Gasteiger charge is 2.42. The molecule has 60 valence electrons. The zero-order valence-corrected chi connectivity index (χ0v) is 8.62. The number of rotatable bonds is 3. The Balaban J connectivity index is 4.43. The predicted molar refractivity (Wildman–Crippen MR) is 47.2 cm³/mol. The van der Waals surface area contributed by atoms with Gasteiger partial charge in [0.2, 0.25) is 0 Å². The van der Waals surface area contributed by atoms with E-state index in [0.717, 1.165) is 6.42 Å². The van der Waals surface area contributed by atoms with Crippen LogP contribution >= 0.6 is 8.46 Å². The monoisotopic (exact) mass is 161 g/mol. The van der Waals surface area contributed by atoms with Crippen LogP contribution in [0.1, 0.15) is 41.0 Å². The molecule has 0 amide bonds. The Kier molecular flexibility index (Phi) is 3.03. The molecule has 1 unspecified atom stereocenters. The standard InChI is InChI=1S/C8H17OP/c1-6-7(2,3)8(4,5)10-9/h6H2,1-5H3/p+1. The molecule has 2 heteroatoms. The maximum atomic E-state index is 10.8. The van der Waals surface area contributed by atoms with Gasteiger partial charge in [-0.2, -0.15) is 0 Å². The average molecular weight is 161 g/mol. The lowest BCUT2D eigenvalue weighted by Gasteiger charge is -2.29. The molecule has 0 aliphatic carbocycles. The molecule has 1 nitrogen and oxygen atoms in total. The highest BCUT2D eigenvalue weighted by atomic mass is 31.1. The summed E-state index contributed by atoms with van der Waals surface area (Å²) in [7, 11) is -0.207. The minimum absolute atomic E-state index is 0.0399. The van der Waals surface area contributed by atoms with E-state index in [2.05, 4.69) is 34.6 Å². The largest absolute Gasteiger partial charge is 0.331 e. The zero-order chi connectivity index (χ0) is 8.41. The van der Waals surface area contributed by atoms with Gasteiger partial charge >= 0.3 is 8.46 Å². The van der Waals surface area contributed by atoms with Gasteiger partial charge in [-0.05, 0) is 20.3 Å². The Morgan fingerprint density at radius 3 is 1.70 bits per heavy atom. The quantitative estimate of drug-likeness (QED) is 0.581. The Morgan fingerprint density at radius 2 is 1.60 bits per heavy atom. The molecule has 0 N–H and O–H groups in total. The molecule has 0 spiro atoms. The molecule has 0 aromatic carbocycles. The summed E-state index contributed by atoms with van der Waals surface area (Å²) >= 11 is 0. The third-order valence-corrected chi connectivity index (χ3v) is 4.02. The van der Waals surface area contributed by atoms with Crippen LogP contribution in [0.4, 0.5) is 0 Å². The van der Waals surface area contributed by atoms with Crippen molar-refractivity contribution in [1.29, 1.82) is 0 Å². The third-order valence-electron chi connectivity index (χ3n) is 2.83. The molecule has 0 saturated heterocycles. The third kappa shape index (κ3) is 1.79. The molecule has 0 heterocycles. The minimum Gasteiger partial charge on any atom is -0.0768 e. The molecule has 0 radical (unpaired) electrons. The topological polar surface area (TPSA) is 17.1 Å². The van der Waals surface area contributed by atoms with Crippen molar-refractivity contribution in [1.82, 2.24) is 0 Å². The lowest BCUT2D eigenvalue weighted by molar-refractivity contribution is 0.265. The highest BCUT2D eigenvalue weighted by molar-refractivity contribution is 7.26. The summed E-state index contributed by atoms with van der Waals surface area (Å²) in [6.45, 7) is 10.6. The van der Waals surface area contributed by atoms with E-state index in [1.165, 1.54) is 0 Å². The van der Waals surface area contributed by atoms with Gasteiger partial charge in [0.1, 0.15) is 0 Å². The van der Waals surface area contributed by atoms with E-state index in [-0.39, 0.29) is 19.0 Å². The Hall–Kier alpha value is 0.100. The summed E-state index contributed by atoms with van der Waals surface area (Å²) in [5.41, 5.74) is 0.188. The second-order valence-electron chi connectivity index (χ2n) is 3.96. The molecule has 0 aromatic rings. The van der Waals surface area contributed by atoms with Crippen molar-refractivity contribution >= 4 is 8.46 Å². The van der Waals surface area contributed by atoms with Crippen LogP contribution in [0, 0.1) is 5.41 Å². The van der Waals surface area contributed by atoms with E-state index < -0.39 is 0 Å². The van der Waals surface area contributed by atoms with Crippen LogP contribution in [0.25, 0.3) is 0 Å². The van der Waals surface area contributed by atoms with Crippen molar-refractivity contribution in [3.8, 4) is 0 Å². The summed E-state index contributed by atoms with van der Waals surface area (Å²) in [5.74, 6) is 0. The molecule has 1 atom stereocenters. The lowest BCUT2D eigenvalue weighted by Crippen LogP contribution is -2.32. The first-order valence-corrected chi connectivity index (χ1v) is 4.67. The van der Waals surface area contributed by atoms with E-state index in [1.807, 2.05) is 0 Å². The van der Waals surface area contributed by atoms with Gasteiger partial charge in [-0.15, -0.1) is 0 Å². The predicted octanol–water partition coefficient (Wildman–Crippen LogP) is 3.23. The van der Waals surface area contributed by atoms with E-state index in [9.17, 15) is 4.57 Å². The van der Waals surface area contributed by atoms with Crippen molar-refractivity contribution in [3.63, 3.8) is 0 Å². The van der Waals surface area contributed by atoms with Crippen LogP contribution in [-0.4, -0.2) is 5.16 Å². The smallest absolute Gasteiger partial charge is 0.0768 e. The fraction of sp³-hybridized carbons (Fsp3) is 1.00. The first-order chi connectivity index (χ1) is 4.37. The molecular weight excluding hydrogens is 143 g/mol. The summed E-state index contributed by atoms with van der Waals surface area (Å²) in [4.78, 5) is 0. The minimum atomic E-state index is -0.207. The first-order valence-electron chi connectivity index (χ1n) is 3.76. The van der Waals surface area contributed by atoms with Gasteiger partial charge in [-0.25, -0.2) is 0 Å². The van der Waals surface area contributed by atoms with E-state index in [0.29, 0.717) is 0 Å². The second-order valence-corrected chi connectivity index (χ2v) is 5.42. The van der Waals surface area contributed by atoms with Crippen LogP contribution in [-0.2, 0) is 4.57 Å². The molecular formula is C8H18OP+. The van der Waals surface area contributed by atoms with Crippen LogP contribution in [0.3, 0.4) is 0 Å². The maximum absolute atomic E-state index is 10.8. The van der Waals surface area contributed by atoms with Crippen molar-refractivity contribution in [2.24, 2.45) is 5.41 Å². The molecule has 0 fully saturated rings. The zero-order valence-electron chi connectivity index (χ0n) is 7.62. The maximum Gasteiger partial charge on any atom is 0.331 e. The van der Waals surface area contributed by atoms with Gasteiger partial charge in [-0.1, -0.05) is 25.3 Å².